The van der Waals surface area contributed by atoms with E-state index in [1.165, 1.54) is 6.92 Å². The molecular formula is C18H25NO4. The standard InChI is InChI=1S/C18H25NO4/c1-3-22-12-15-5-4-10-19(11-15)18(21)13-23-17-8-6-16(7-9-17)14(2)20/h6-9,15H,3-5,10-13H2,1-2H3. The highest BCUT2D eigenvalue weighted by Gasteiger charge is 2.23. The maximum atomic E-state index is 12.3. The van der Waals surface area contributed by atoms with Gasteiger partial charge in [-0.25, -0.2) is 0 Å². The summed E-state index contributed by atoms with van der Waals surface area (Å²) in [6.07, 6.45) is 2.12. The zero-order valence-corrected chi connectivity index (χ0v) is 13.9. The molecule has 1 aliphatic rings. The first-order valence-electron chi connectivity index (χ1n) is 8.19. The molecule has 1 unspecified atom stereocenters. The van der Waals surface area contributed by atoms with Gasteiger partial charge in [-0.05, 0) is 56.9 Å². The van der Waals surface area contributed by atoms with Crippen molar-refractivity contribution in [2.45, 2.75) is 26.7 Å². The van der Waals surface area contributed by atoms with Crippen LogP contribution in [-0.4, -0.2) is 49.5 Å². The van der Waals surface area contributed by atoms with Gasteiger partial charge in [-0.15, -0.1) is 0 Å². The largest absolute Gasteiger partial charge is 0.484 e. The Bertz CT molecular complexity index is 526. The summed E-state index contributed by atoms with van der Waals surface area (Å²) in [6.45, 7) is 6.49. The zero-order valence-electron chi connectivity index (χ0n) is 13.9. The van der Waals surface area contributed by atoms with Gasteiger partial charge in [0.1, 0.15) is 5.75 Å². The minimum absolute atomic E-state index is 0.00171. The molecule has 1 aromatic rings. The number of ketones is 1. The van der Waals surface area contributed by atoms with E-state index in [9.17, 15) is 9.59 Å². The molecule has 0 aliphatic carbocycles. The van der Waals surface area contributed by atoms with Crippen molar-refractivity contribution in [3.63, 3.8) is 0 Å². The minimum Gasteiger partial charge on any atom is -0.484 e. The van der Waals surface area contributed by atoms with Gasteiger partial charge < -0.3 is 14.4 Å². The van der Waals surface area contributed by atoms with E-state index >= 15 is 0 Å². The highest BCUT2D eigenvalue weighted by atomic mass is 16.5. The van der Waals surface area contributed by atoms with Gasteiger partial charge in [0.25, 0.3) is 5.91 Å². The van der Waals surface area contributed by atoms with Crippen molar-refractivity contribution in [2.24, 2.45) is 5.92 Å². The second kappa shape index (κ2) is 8.67. The van der Waals surface area contributed by atoms with Crippen molar-refractivity contribution in [1.82, 2.24) is 4.90 Å². The van der Waals surface area contributed by atoms with Gasteiger partial charge in [-0.3, -0.25) is 9.59 Å². The van der Waals surface area contributed by atoms with Gasteiger partial charge in [0.15, 0.2) is 12.4 Å². The van der Waals surface area contributed by atoms with Gasteiger partial charge in [-0.1, -0.05) is 0 Å². The minimum atomic E-state index is 0.00171. The average Bonchev–Trinajstić information content (AvgIpc) is 2.58. The summed E-state index contributed by atoms with van der Waals surface area (Å²) in [4.78, 5) is 25.4. The number of piperidine rings is 1. The number of carbonyl (C=O) groups excluding carboxylic acids is 2. The van der Waals surface area contributed by atoms with Crippen LogP contribution in [0.15, 0.2) is 24.3 Å². The van der Waals surface area contributed by atoms with Crippen molar-refractivity contribution in [3.8, 4) is 5.75 Å². The predicted octanol–water partition coefficient (Wildman–Crippen LogP) is 2.54. The number of Topliss-reactive ketones (excluding diaryl/α,β-unsaturated/α-hetero) is 1. The molecule has 126 valence electrons. The monoisotopic (exact) mass is 319 g/mol. The number of hydrogen-bond donors (Lipinski definition) is 0. The molecule has 2 rings (SSSR count). The molecule has 0 N–H and O–H groups in total. The summed E-state index contributed by atoms with van der Waals surface area (Å²) in [5.74, 6) is 1.04. The Morgan fingerprint density at radius 1 is 1.26 bits per heavy atom. The van der Waals surface area contributed by atoms with Crippen molar-refractivity contribution in [2.75, 3.05) is 32.9 Å². The molecule has 1 heterocycles. The number of carbonyl (C=O) groups is 2. The van der Waals surface area contributed by atoms with Crippen LogP contribution < -0.4 is 4.74 Å². The van der Waals surface area contributed by atoms with Crippen LogP contribution in [0.5, 0.6) is 5.75 Å². The third-order valence-electron chi connectivity index (χ3n) is 4.05. The fourth-order valence-electron chi connectivity index (χ4n) is 2.73. The van der Waals surface area contributed by atoms with E-state index < -0.39 is 0 Å². The van der Waals surface area contributed by atoms with Crippen LogP contribution >= 0.6 is 0 Å². The van der Waals surface area contributed by atoms with Crippen LogP contribution in [-0.2, 0) is 9.53 Å². The smallest absolute Gasteiger partial charge is 0.260 e. The Kier molecular flexibility index (Phi) is 6.59. The Morgan fingerprint density at radius 3 is 2.65 bits per heavy atom. The first kappa shape index (κ1) is 17.5. The van der Waals surface area contributed by atoms with E-state index in [0.29, 0.717) is 30.4 Å². The Hall–Kier alpha value is -1.88. The molecule has 1 amide bonds. The second-order valence-electron chi connectivity index (χ2n) is 5.88. The maximum absolute atomic E-state index is 12.3. The van der Waals surface area contributed by atoms with Crippen molar-refractivity contribution in [3.05, 3.63) is 29.8 Å². The third kappa shape index (κ3) is 5.36. The number of amides is 1. The van der Waals surface area contributed by atoms with E-state index in [1.807, 2.05) is 11.8 Å². The zero-order chi connectivity index (χ0) is 16.7. The maximum Gasteiger partial charge on any atom is 0.260 e. The third-order valence-corrected chi connectivity index (χ3v) is 4.05. The molecule has 0 aromatic heterocycles. The van der Waals surface area contributed by atoms with E-state index in [1.54, 1.807) is 24.3 Å². The highest BCUT2D eigenvalue weighted by molar-refractivity contribution is 5.94. The topological polar surface area (TPSA) is 55.8 Å². The van der Waals surface area contributed by atoms with Gasteiger partial charge >= 0.3 is 0 Å². The van der Waals surface area contributed by atoms with Crippen LogP contribution in [0.25, 0.3) is 0 Å². The Labute approximate surface area is 137 Å². The molecule has 1 atom stereocenters. The van der Waals surface area contributed by atoms with Crippen molar-refractivity contribution < 1.29 is 19.1 Å². The van der Waals surface area contributed by atoms with Crippen LogP contribution in [0.2, 0.25) is 0 Å². The molecule has 1 fully saturated rings. The predicted molar refractivity (Wildman–Crippen MR) is 87.7 cm³/mol. The number of ether oxygens (including phenoxy) is 2. The molecule has 5 nitrogen and oxygen atoms in total. The van der Waals surface area contributed by atoms with Gasteiger partial charge in [0.2, 0.25) is 0 Å². The average molecular weight is 319 g/mol. The van der Waals surface area contributed by atoms with Crippen molar-refractivity contribution in [1.29, 1.82) is 0 Å². The molecule has 5 heteroatoms. The summed E-state index contributed by atoms with van der Waals surface area (Å²) in [7, 11) is 0. The molecule has 1 aromatic carbocycles. The fourth-order valence-corrected chi connectivity index (χ4v) is 2.73. The molecule has 23 heavy (non-hydrogen) atoms. The Balaban J connectivity index is 1.80. The summed E-state index contributed by atoms with van der Waals surface area (Å²) in [6, 6.07) is 6.86. The van der Waals surface area contributed by atoms with Gasteiger partial charge in [-0.2, -0.15) is 0 Å². The van der Waals surface area contributed by atoms with E-state index in [4.69, 9.17) is 9.47 Å². The first-order valence-corrected chi connectivity index (χ1v) is 8.19. The van der Waals surface area contributed by atoms with E-state index in [2.05, 4.69) is 0 Å². The fraction of sp³-hybridized carbons (Fsp3) is 0.556. The van der Waals surface area contributed by atoms with Crippen LogP contribution in [0.1, 0.15) is 37.0 Å². The van der Waals surface area contributed by atoms with Crippen molar-refractivity contribution >= 4 is 11.7 Å². The SMILES string of the molecule is CCOCC1CCCN(C(=O)COc2ccc(C(C)=O)cc2)C1. The molecule has 0 bridgehead atoms. The number of benzene rings is 1. The molecule has 1 aliphatic heterocycles. The molecule has 0 saturated carbocycles. The van der Waals surface area contributed by atoms with E-state index in [-0.39, 0.29) is 18.3 Å². The number of hydrogen-bond acceptors (Lipinski definition) is 4. The molecular weight excluding hydrogens is 294 g/mol. The lowest BCUT2D eigenvalue weighted by atomic mass is 9.99. The first-order chi connectivity index (χ1) is 11.1. The second-order valence-corrected chi connectivity index (χ2v) is 5.88. The lowest BCUT2D eigenvalue weighted by Gasteiger charge is -2.32. The highest BCUT2D eigenvalue weighted by Crippen LogP contribution is 2.18. The summed E-state index contributed by atoms with van der Waals surface area (Å²) >= 11 is 0. The normalized spacial score (nSPS) is 17.8. The van der Waals surface area contributed by atoms with Crippen LogP contribution in [0, 0.1) is 5.92 Å². The summed E-state index contributed by atoms with van der Waals surface area (Å²) < 4.78 is 11.0. The van der Waals surface area contributed by atoms with E-state index in [0.717, 1.165) is 25.9 Å². The van der Waals surface area contributed by atoms with Gasteiger partial charge in [0, 0.05) is 25.3 Å². The molecule has 0 spiro atoms. The summed E-state index contributed by atoms with van der Waals surface area (Å²) in [5, 5.41) is 0. The summed E-state index contributed by atoms with van der Waals surface area (Å²) in [5.41, 5.74) is 0.637. The lowest BCUT2D eigenvalue weighted by Crippen LogP contribution is -2.43. The van der Waals surface area contributed by atoms with Gasteiger partial charge in [0.05, 0.1) is 6.61 Å². The number of rotatable bonds is 7. The van der Waals surface area contributed by atoms with Crippen LogP contribution in [0.3, 0.4) is 0 Å². The number of likely N-dealkylation sites (tertiary alicyclic amines) is 1. The quantitative estimate of drug-likeness (QED) is 0.725. The Morgan fingerprint density at radius 2 is 2.00 bits per heavy atom. The molecule has 1 saturated heterocycles. The lowest BCUT2D eigenvalue weighted by molar-refractivity contribution is -0.135. The molecule has 0 radical (unpaired) electrons. The number of nitrogens with zero attached hydrogens (tertiary/aromatic N) is 1. The van der Waals surface area contributed by atoms with Crippen LogP contribution in [0.4, 0.5) is 0 Å².